The minimum atomic E-state index is -0.652. The van der Waals surface area contributed by atoms with Crippen molar-refractivity contribution in [3.05, 3.63) is 58.6 Å². The number of hydrogen-bond donors (Lipinski definition) is 1. The molecule has 0 saturated carbocycles. The lowest BCUT2D eigenvalue weighted by molar-refractivity contribution is -0.143. The quantitative estimate of drug-likeness (QED) is 0.577. The minimum absolute atomic E-state index is 0. The van der Waals surface area contributed by atoms with Crippen LogP contribution in [0.4, 0.5) is 0 Å². The van der Waals surface area contributed by atoms with Gasteiger partial charge in [-0.2, -0.15) is 11.8 Å². The number of likely N-dealkylation sites (tertiary alicyclic amines) is 1. The van der Waals surface area contributed by atoms with Crippen LogP contribution in [0.3, 0.4) is 0 Å². The Balaban J connectivity index is 0.00000240. The third kappa shape index (κ3) is 5.65. The number of rotatable bonds is 5. The van der Waals surface area contributed by atoms with Crippen LogP contribution in [-0.4, -0.2) is 41.4 Å². The Morgan fingerprint density at radius 2 is 2.07 bits per heavy atom. The molecule has 3 nitrogen and oxygen atoms in total. The van der Waals surface area contributed by atoms with Gasteiger partial charge >= 0.3 is 5.97 Å². The number of carbonyl (C=O) groups is 1. The van der Waals surface area contributed by atoms with Crippen molar-refractivity contribution in [1.29, 1.82) is 0 Å². The molecule has 2 aliphatic rings. The summed E-state index contributed by atoms with van der Waals surface area (Å²) in [5, 5.41) is 10.5. The van der Waals surface area contributed by atoms with Gasteiger partial charge in [-0.15, -0.1) is 12.4 Å². The van der Waals surface area contributed by atoms with Crippen molar-refractivity contribution in [3.63, 3.8) is 0 Å². The molecule has 4 rings (SSSR count). The lowest BCUT2D eigenvalue weighted by atomic mass is 9.98. The van der Waals surface area contributed by atoms with Gasteiger partial charge in [0.1, 0.15) is 0 Å². The van der Waals surface area contributed by atoms with E-state index < -0.39 is 5.97 Å². The average Bonchev–Trinajstić information content (AvgIpc) is 2.84. The Morgan fingerprint density at radius 3 is 2.90 bits per heavy atom. The highest BCUT2D eigenvalue weighted by Gasteiger charge is 2.26. The molecule has 2 atom stereocenters. The van der Waals surface area contributed by atoms with Gasteiger partial charge in [-0.05, 0) is 61.2 Å². The average molecular weight is 470 g/mol. The molecule has 2 aromatic rings. The summed E-state index contributed by atoms with van der Waals surface area (Å²) in [6.45, 7) is 2.65. The van der Waals surface area contributed by atoms with E-state index in [1.54, 1.807) is 0 Å². The largest absolute Gasteiger partial charge is 0.481 e. The van der Waals surface area contributed by atoms with E-state index in [0.29, 0.717) is 11.8 Å². The standard InChI is InChI=1S/C22H24ClNO2S2.ClH/c23-17-7-8-19-16(12-17)13-21(18-5-1-2-6-20(18)28-19)27-11-10-24-9-3-4-15(14-24)22(25)26;/h1-2,5-8,12,15,21H,3-4,9-11,13-14H2,(H,25,26);1H/t15-,21?;/m1./s1. The van der Waals surface area contributed by atoms with Gasteiger partial charge < -0.3 is 10.0 Å². The molecule has 7 heteroatoms. The topological polar surface area (TPSA) is 40.5 Å². The second-order valence-electron chi connectivity index (χ2n) is 7.43. The van der Waals surface area contributed by atoms with Crippen LogP contribution in [0.5, 0.6) is 0 Å². The van der Waals surface area contributed by atoms with E-state index in [9.17, 15) is 9.90 Å². The summed E-state index contributed by atoms with van der Waals surface area (Å²) in [5.74, 6) is 0.148. The Hall–Kier alpha value is -0.850. The van der Waals surface area contributed by atoms with Crippen molar-refractivity contribution < 1.29 is 9.90 Å². The maximum atomic E-state index is 11.3. The van der Waals surface area contributed by atoms with Crippen molar-refractivity contribution in [2.24, 2.45) is 5.92 Å². The third-order valence-corrected chi connectivity index (χ3v) is 8.18. The molecule has 2 heterocycles. The molecule has 0 spiro atoms. The summed E-state index contributed by atoms with van der Waals surface area (Å²) in [7, 11) is 0. The molecule has 1 N–H and O–H groups in total. The fourth-order valence-corrected chi connectivity index (χ4v) is 6.73. The zero-order valence-corrected chi connectivity index (χ0v) is 19.3. The van der Waals surface area contributed by atoms with E-state index in [4.69, 9.17) is 11.6 Å². The zero-order chi connectivity index (χ0) is 19.5. The number of thioether (sulfide) groups is 1. The number of piperidine rings is 1. The first-order chi connectivity index (χ1) is 13.6. The number of aliphatic carboxylic acids is 1. The van der Waals surface area contributed by atoms with Crippen LogP contribution in [0.1, 0.15) is 29.2 Å². The molecule has 2 aliphatic heterocycles. The highest BCUT2D eigenvalue weighted by Crippen LogP contribution is 2.46. The molecule has 1 unspecified atom stereocenters. The van der Waals surface area contributed by atoms with Gasteiger partial charge in [0, 0.05) is 38.9 Å². The van der Waals surface area contributed by atoms with E-state index in [1.165, 1.54) is 20.9 Å². The number of carboxylic acids is 1. The molecule has 0 aromatic heterocycles. The zero-order valence-electron chi connectivity index (χ0n) is 16.1. The van der Waals surface area contributed by atoms with Gasteiger partial charge in [-0.1, -0.05) is 41.6 Å². The van der Waals surface area contributed by atoms with Crippen molar-refractivity contribution in [2.75, 3.05) is 25.4 Å². The molecular weight excluding hydrogens is 445 g/mol. The van der Waals surface area contributed by atoms with E-state index in [2.05, 4.69) is 41.3 Å². The van der Waals surface area contributed by atoms with E-state index >= 15 is 0 Å². The van der Waals surface area contributed by atoms with Crippen LogP contribution < -0.4 is 0 Å². The lowest BCUT2D eigenvalue weighted by Crippen LogP contribution is -2.39. The first kappa shape index (κ1) is 22.8. The Morgan fingerprint density at radius 1 is 1.24 bits per heavy atom. The summed E-state index contributed by atoms with van der Waals surface area (Å²) in [6.07, 6.45) is 2.77. The molecule has 1 fully saturated rings. The highest BCUT2D eigenvalue weighted by molar-refractivity contribution is 8.00. The molecule has 156 valence electrons. The predicted molar refractivity (Wildman–Crippen MR) is 125 cm³/mol. The van der Waals surface area contributed by atoms with Crippen molar-refractivity contribution in [2.45, 2.75) is 34.3 Å². The number of carboxylic acid groups (broad SMARTS) is 1. The Bertz CT molecular complexity index is 864. The van der Waals surface area contributed by atoms with Gasteiger partial charge in [-0.25, -0.2) is 0 Å². The van der Waals surface area contributed by atoms with Crippen LogP contribution in [-0.2, 0) is 11.2 Å². The van der Waals surface area contributed by atoms with Gasteiger partial charge in [0.05, 0.1) is 5.92 Å². The van der Waals surface area contributed by atoms with Gasteiger partial charge in [-0.3, -0.25) is 4.79 Å². The van der Waals surface area contributed by atoms with Crippen LogP contribution in [0.2, 0.25) is 5.02 Å². The van der Waals surface area contributed by atoms with Crippen LogP contribution >= 0.6 is 47.5 Å². The number of fused-ring (bicyclic) bond motifs is 2. The van der Waals surface area contributed by atoms with Gasteiger partial charge in [0.2, 0.25) is 0 Å². The predicted octanol–water partition coefficient (Wildman–Crippen LogP) is 6.04. The van der Waals surface area contributed by atoms with Gasteiger partial charge in [0.15, 0.2) is 0 Å². The highest BCUT2D eigenvalue weighted by atomic mass is 35.5. The molecule has 0 aliphatic carbocycles. The summed E-state index contributed by atoms with van der Waals surface area (Å²) in [6, 6.07) is 14.9. The number of hydrogen-bond acceptors (Lipinski definition) is 4. The van der Waals surface area contributed by atoms with Crippen molar-refractivity contribution in [1.82, 2.24) is 4.90 Å². The number of benzene rings is 2. The molecule has 0 bridgehead atoms. The third-order valence-electron chi connectivity index (χ3n) is 5.49. The molecule has 1 saturated heterocycles. The molecule has 2 aromatic carbocycles. The molecular formula is C22H25Cl2NO2S2. The monoisotopic (exact) mass is 469 g/mol. The fraction of sp³-hybridized carbons (Fsp3) is 0.409. The summed E-state index contributed by atoms with van der Waals surface area (Å²) in [5.41, 5.74) is 2.71. The summed E-state index contributed by atoms with van der Waals surface area (Å²) in [4.78, 5) is 16.2. The van der Waals surface area contributed by atoms with Crippen LogP contribution in [0.15, 0.2) is 52.3 Å². The van der Waals surface area contributed by atoms with E-state index in [-0.39, 0.29) is 18.3 Å². The van der Waals surface area contributed by atoms with Crippen LogP contribution in [0.25, 0.3) is 0 Å². The molecule has 0 radical (unpaired) electrons. The molecule has 29 heavy (non-hydrogen) atoms. The Kier molecular flexibility index (Phi) is 8.23. The van der Waals surface area contributed by atoms with E-state index in [1.807, 2.05) is 29.6 Å². The normalized spacial score (nSPS) is 21.4. The number of halogens is 2. The number of nitrogens with zero attached hydrogens (tertiary/aromatic N) is 1. The summed E-state index contributed by atoms with van der Waals surface area (Å²) >= 11 is 10.1. The fourth-order valence-electron chi connectivity index (χ4n) is 4.01. The van der Waals surface area contributed by atoms with Crippen LogP contribution in [0, 0.1) is 5.92 Å². The van der Waals surface area contributed by atoms with E-state index in [0.717, 1.165) is 43.1 Å². The molecule has 0 amide bonds. The minimum Gasteiger partial charge on any atom is -0.481 e. The smallest absolute Gasteiger partial charge is 0.307 e. The first-order valence-corrected chi connectivity index (χ1v) is 12.0. The second kappa shape index (κ2) is 10.5. The summed E-state index contributed by atoms with van der Waals surface area (Å²) < 4.78 is 0. The van der Waals surface area contributed by atoms with Gasteiger partial charge in [0.25, 0.3) is 0 Å². The van der Waals surface area contributed by atoms with Crippen molar-refractivity contribution in [3.8, 4) is 0 Å². The van der Waals surface area contributed by atoms with Crippen molar-refractivity contribution >= 4 is 53.5 Å². The Labute approximate surface area is 192 Å². The second-order valence-corrected chi connectivity index (χ2v) is 10.3. The first-order valence-electron chi connectivity index (χ1n) is 9.72. The lowest BCUT2D eigenvalue weighted by Gasteiger charge is -2.30. The SMILES string of the molecule is Cl.O=C(O)[C@@H]1CCCN(CCSC2Cc3cc(Cl)ccc3Sc3ccccc32)C1. The maximum Gasteiger partial charge on any atom is 0.307 e. The maximum absolute atomic E-state index is 11.3.